The van der Waals surface area contributed by atoms with Gasteiger partial charge in [-0.15, -0.1) is 0 Å². The quantitative estimate of drug-likeness (QED) is 0.363. The predicted octanol–water partition coefficient (Wildman–Crippen LogP) is 1.90. The third kappa shape index (κ3) is 5.48. The number of hydrogen-bond acceptors (Lipinski definition) is 5. The van der Waals surface area contributed by atoms with Gasteiger partial charge in [-0.05, 0) is 32.7 Å². The van der Waals surface area contributed by atoms with E-state index < -0.39 is 23.7 Å². The fraction of sp³-hybridized carbons (Fsp3) is 0.818. The van der Waals surface area contributed by atoms with Crippen LogP contribution in [0.2, 0.25) is 0 Å². The average molecular weight is 270 g/mol. The Labute approximate surface area is 111 Å². The number of hydrogen-bond donors (Lipinski definition) is 1. The van der Waals surface area contributed by atoms with Gasteiger partial charge in [0, 0.05) is 17.9 Å². The van der Waals surface area contributed by atoms with Crippen molar-refractivity contribution in [3.8, 4) is 0 Å². The van der Waals surface area contributed by atoms with Crippen LogP contribution in [0.5, 0.6) is 0 Å². The summed E-state index contributed by atoms with van der Waals surface area (Å²) < 4.78 is 10.1. The van der Waals surface area contributed by atoms with E-state index in [-0.39, 0.29) is 12.6 Å². The first kappa shape index (κ1) is 15.1. The molecule has 19 heavy (non-hydrogen) atoms. The second kappa shape index (κ2) is 6.29. The van der Waals surface area contributed by atoms with Gasteiger partial charge in [-0.3, -0.25) is 0 Å². The van der Waals surface area contributed by atoms with Gasteiger partial charge in [0.2, 0.25) is 0 Å². The molecule has 106 valence electrons. The summed E-state index contributed by atoms with van der Waals surface area (Å²) in [4.78, 5) is 25.7. The van der Waals surface area contributed by atoms with Crippen LogP contribution in [0.15, 0.2) is 5.11 Å². The molecule has 1 saturated heterocycles. The Morgan fingerprint density at radius 2 is 2.32 bits per heavy atom. The van der Waals surface area contributed by atoms with Crippen LogP contribution in [0.1, 0.15) is 33.6 Å². The summed E-state index contributed by atoms with van der Waals surface area (Å²) in [5.74, 6) is -0.489. The zero-order valence-electron chi connectivity index (χ0n) is 11.3. The number of carbonyl (C=O) groups is 2. The lowest BCUT2D eigenvalue weighted by molar-refractivity contribution is -0.143. The summed E-state index contributed by atoms with van der Waals surface area (Å²) in [5, 5.41) is 5.84. The van der Waals surface area contributed by atoms with E-state index in [1.165, 1.54) is 0 Å². The first-order chi connectivity index (χ1) is 8.81. The Morgan fingerprint density at radius 1 is 1.63 bits per heavy atom. The average Bonchev–Trinajstić information content (AvgIpc) is 2.57. The summed E-state index contributed by atoms with van der Waals surface area (Å²) >= 11 is 0. The van der Waals surface area contributed by atoms with Gasteiger partial charge in [0.1, 0.15) is 17.7 Å². The molecule has 1 fully saturated rings. The SMILES string of the molecule is CC(C)(C)OC(=O)N[C@H]1C[C@@H](CCN=[N+]=[N-])OC1=O. The van der Waals surface area contributed by atoms with E-state index in [9.17, 15) is 9.59 Å². The highest BCUT2D eigenvalue weighted by Gasteiger charge is 2.35. The zero-order valence-corrected chi connectivity index (χ0v) is 11.3. The minimum atomic E-state index is -0.703. The van der Waals surface area contributed by atoms with Crippen molar-refractivity contribution < 1.29 is 19.1 Å². The van der Waals surface area contributed by atoms with Crippen LogP contribution < -0.4 is 5.32 Å². The first-order valence-corrected chi connectivity index (χ1v) is 6.02. The molecule has 1 amide bonds. The number of amides is 1. The Kier molecular flexibility index (Phi) is 5.00. The van der Waals surface area contributed by atoms with Crippen molar-refractivity contribution in [1.29, 1.82) is 0 Å². The van der Waals surface area contributed by atoms with E-state index in [1.54, 1.807) is 20.8 Å². The van der Waals surface area contributed by atoms with Gasteiger partial charge in [0.05, 0.1) is 0 Å². The van der Waals surface area contributed by atoms with Crippen molar-refractivity contribution >= 4 is 12.1 Å². The summed E-state index contributed by atoms with van der Waals surface area (Å²) in [6.45, 7) is 5.47. The Hall–Kier alpha value is -1.95. The first-order valence-electron chi connectivity index (χ1n) is 6.02. The number of ether oxygens (including phenoxy) is 2. The lowest BCUT2D eigenvalue weighted by atomic mass is 10.1. The summed E-state index contributed by atoms with van der Waals surface area (Å²) in [6, 6.07) is -0.703. The molecule has 0 aromatic heterocycles. The van der Waals surface area contributed by atoms with Gasteiger partial charge in [-0.1, -0.05) is 5.11 Å². The van der Waals surface area contributed by atoms with Crippen LogP contribution >= 0.6 is 0 Å². The van der Waals surface area contributed by atoms with E-state index in [4.69, 9.17) is 15.0 Å². The number of azide groups is 1. The molecule has 8 nitrogen and oxygen atoms in total. The second-order valence-corrected chi connectivity index (χ2v) is 5.24. The number of cyclic esters (lactones) is 1. The molecule has 1 heterocycles. The van der Waals surface area contributed by atoms with Crippen molar-refractivity contribution in [3.63, 3.8) is 0 Å². The molecule has 2 atom stereocenters. The zero-order chi connectivity index (χ0) is 14.5. The fourth-order valence-electron chi connectivity index (χ4n) is 1.64. The monoisotopic (exact) mass is 270 g/mol. The molecule has 1 aliphatic rings. The normalized spacial score (nSPS) is 22.4. The third-order valence-corrected chi connectivity index (χ3v) is 2.37. The van der Waals surface area contributed by atoms with Crippen molar-refractivity contribution in [1.82, 2.24) is 5.32 Å². The van der Waals surface area contributed by atoms with Gasteiger partial charge >= 0.3 is 12.1 Å². The van der Waals surface area contributed by atoms with Crippen molar-refractivity contribution in [2.45, 2.75) is 51.4 Å². The molecular formula is C11H18N4O4. The Balaban J connectivity index is 2.41. The number of carbonyl (C=O) groups excluding carboxylic acids is 2. The van der Waals surface area contributed by atoms with E-state index in [2.05, 4.69) is 15.3 Å². The number of alkyl carbamates (subject to hydrolysis) is 1. The standard InChI is InChI=1S/C11H18N4O4/c1-11(2,3)19-10(17)14-8-6-7(18-9(8)16)4-5-13-15-12/h7-8H,4-6H2,1-3H3,(H,14,17)/t7-,8+/m1/s1. The lowest BCUT2D eigenvalue weighted by Gasteiger charge is -2.20. The van der Waals surface area contributed by atoms with E-state index >= 15 is 0 Å². The van der Waals surface area contributed by atoms with Crippen LogP contribution in [0.4, 0.5) is 4.79 Å². The Bertz CT molecular complexity index is 398. The van der Waals surface area contributed by atoms with E-state index in [0.717, 1.165) is 0 Å². The van der Waals surface area contributed by atoms with E-state index in [1.807, 2.05) is 0 Å². The molecule has 8 heteroatoms. The van der Waals surface area contributed by atoms with Crippen LogP contribution in [0.25, 0.3) is 10.4 Å². The minimum Gasteiger partial charge on any atom is -0.461 e. The highest BCUT2D eigenvalue weighted by molar-refractivity contribution is 5.83. The van der Waals surface area contributed by atoms with Gasteiger partial charge < -0.3 is 14.8 Å². The van der Waals surface area contributed by atoms with Crippen molar-refractivity contribution in [2.75, 3.05) is 6.54 Å². The molecule has 0 aromatic rings. The predicted molar refractivity (Wildman–Crippen MR) is 66.3 cm³/mol. The van der Waals surface area contributed by atoms with Gasteiger partial charge in [0.15, 0.2) is 0 Å². The van der Waals surface area contributed by atoms with Crippen molar-refractivity contribution in [2.24, 2.45) is 5.11 Å². The maximum Gasteiger partial charge on any atom is 0.408 e. The molecule has 1 aliphatic heterocycles. The van der Waals surface area contributed by atoms with Crippen LogP contribution in [-0.2, 0) is 14.3 Å². The molecule has 1 N–H and O–H groups in total. The number of rotatable bonds is 4. The molecule has 0 unspecified atom stereocenters. The molecule has 1 rings (SSSR count). The second-order valence-electron chi connectivity index (χ2n) is 5.24. The topological polar surface area (TPSA) is 113 Å². The number of nitrogens with zero attached hydrogens (tertiary/aromatic N) is 3. The molecule has 0 radical (unpaired) electrons. The maximum atomic E-state index is 11.5. The smallest absolute Gasteiger partial charge is 0.408 e. The Morgan fingerprint density at radius 3 is 2.89 bits per heavy atom. The largest absolute Gasteiger partial charge is 0.461 e. The molecule has 0 saturated carbocycles. The van der Waals surface area contributed by atoms with Crippen molar-refractivity contribution in [3.05, 3.63) is 10.4 Å². The molecule has 0 spiro atoms. The highest BCUT2D eigenvalue weighted by Crippen LogP contribution is 2.18. The summed E-state index contributed by atoms with van der Waals surface area (Å²) in [7, 11) is 0. The van der Waals surface area contributed by atoms with Gasteiger partial charge in [0.25, 0.3) is 0 Å². The van der Waals surface area contributed by atoms with Crippen LogP contribution in [0.3, 0.4) is 0 Å². The molecular weight excluding hydrogens is 252 g/mol. The minimum absolute atomic E-state index is 0.258. The lowest BCUT2D eigenvalue weighted by Crippen LogP contribution is -2.41. The molecule has 0 bridgehead atoms. The maximum absolute atomic E-state index is 11.5. The third-order valence-electron chi connectivity index (χ3n) is 2.37. The molecule has 0 aromatic carbocycles. The number of esters is 1. The fourth-order valence-corrected chi connectivity index (χ4v) is 1.64. The van der Waals surface area contributed by atoms with Crippen LogP contribution in [-0.4, -0.2) is 36.4 Å². The highest BCUT2D eigenvalue weighted by atomic mass is 16.6. The molecule has 0 aliphatic carbocycles. The summed E-state index contributed by atoms with van der Waals surface area (Å²) in [6.07, 6.45) is -0.176. The number of nitrogens with one attached hydrogen (secondary N) is 1. The van der Waals surface area contributed by atoms with E-state index in [0.29, 0.717) is 12.8 Å². The van der Waals surface area contributed by atoms with Gasteiger partial charge in [-0.25, -0.2) is 9.59 Å². The van der Waals surface area contributed by atoms with Gasteiger partial charge in [-0.2, -0.15) is 0 Å². The van der Waals surface area contributed by atoms with Crippen LogP contribution in [0, 0.1) is 0 Å². The summed E-state index contributed by atoms with van der Waals surface area (Å²) in [5.41, 5.74) is 7.53.